The monoisotopic (exact) mass is 351 g/mol. The maximum atomic E-state index is 12.4. The Morgan fingerprint density at radius 2 is 1.73 bits per heavy atom. The highest BCUT2D eigenvalue weighted by molar-refractivity contribution is 6.02. The van der Waals surface area contributed by atoms with Crippen molar-refractivity contribution in [3.05, 3.63) is 65.7 Å². The fraction of sp³-hybridized carbons (Fsp3) is 0.286. The van der Waals surface area contributed by atoms with Crippen molar-refractivity contribution in [2.24, 2.45) is 5.92 Å². The number of Topliss-reactive ketones (excluding diaryl/α,β-unsaturated/α-hetero) is 1. The summed E-state index contributed by atoms with van der Waals surface area (Å²) >= 11 is 0. The average molecular weight is 351 g/mol. The number of hydrogen-bond acceptors (Lipinski definition) is 4. The summed E-state index contributed by atoms with van der Waals surface area (Å²) in [6.45, 7) is 3.80. The Morgan fingerprint density at radius 1 is 1.08 bits per heavy atom. The summed E-state index contributed by atoms with van der Waals surface area (Å²) < 4.78 is 5.33. The van der Waals surface area contributed by atoms with Gasteiger partial charge < -0.3 is 9.64 Å². The lowest BCUT2D eigenvalue weighted by Gasteiger charge is -2.18. The van der Waals surface area contributed by atoms with Crippen LogP contribution in [0.2, 0.25) is 0 Å². The molecule has 134 valence electrons. The molecule has 0 aliphatic carbocycles. The minimum Gasteiger partial charge on any atom is -0.454 e. The Hall–Kier alpha value is -2.95. The van der Waals surface area contributed by atoms with E-state index in [2.05, 4.69) is 0 Å². The van der Waals surface area contributed by atoms with Crippen LogP contribution in [0.25, 0.3) is 0 Å². The van der Waals surface area contributed by atoms with E-state index in [9.17, 15) is 14.4 Å². The summed E-state index contributed by atoms with van der Waals surface area (Å²) in [6.07, 6.45) is -0.785. The summed E-state index contributed by atoms with van der Waals surface area (Å²) in [5, 5.41) is 0. The molecule has 1 saturated heterocycles. The second-order valence-corrected chi connectivity index (χ2v) is 6.55. The first-order chi connectivity index (χ1) is 12.5. The van der Waals surface area contributed by atoms with E-state index in [4.69, 9.17) is 4.74 Å². The number of esters is 1. The Bertz CT molecular complexity index is 814. The van der Waals surface area contributed by atoms with Gasteiger partial charge in [-0.15, -0.1) is 0 Å². The van der Waals surface area contributed by atoms with Gasteiger partial charge in [-0.3, -0.25) is 14.4 Å². The molecule has 1 aliphatic rings. The molecule has 2 atom stereocenters. The lowest BCUT2D eigenvalue weighted by atomic mass is 10.1. The van der Waals surface area contributed by atoms with E-state index in [1.807, 2.05) is 37.3 Å². The predicted molar refractivity (Wildman–Crippen MR) is 98.0 cm³/mol. The number of anilines is 1. The number of benzene rings is 2. The Kier molecular flexibility index (Phi) is 5.16. The van der Waals surface area contributed by atoms with E-state index in [1.165, 1.54) is 0 Å². The van der Waals surface area contributed by atoms with Gasteiger partial charge in [0.15, 0.2) is 6.10 Å². The molecule has 5 nitrogen and oxygen atoms in total. The van der Waals surface area contributed by atoms with E-state index < -0.39 is 18.0 Å². The van der Waals surface area contributed by atoms with Crippen molar-refractivity contribution in [3.8, 4) is 0 Å². The molecule has 0 spiro atoms. The van der Waals surface area contributed by atoms with Crippen molar-refractivity contribution in [1.82, 2.24) is 0 Å². The molecule has 0 N–H and O–H groups in total. The van der Waals surface area contributed by atoms with Gasteiger partial charge in [-0.25, -0.2) is 0 Å². The lowest BCUT2D eigenvalue weighted by molar-refractivity contribution is -0.151. The zero-order chi connectivity index (χ0) is 18.7. The van der Waals surface area contributed by atoms with Crippen molar-refractivity contribution in [1.29, 1.82) is 0 Å². The van der Waals surface area contributed by atoms with Crippen LogP contribution in [0.5, 0.6) is 0 Å². The van der Waals surface area contributed by atoms with Crippen LogP contribution in [0.4, 0.5) is 5.69 Å². The molecule has 2 aromatic rings. The van der Waals surface area contributed by atoms with Crippen LogP contribution in [0, 0.1) is 12.8 Å². The zero-order valence-corrected chi connectivity index (χ0v) is 14.8. The standard InChI is InChI=1S/C21H21NO4/c1-14-8-10-18(11-9-14)22-13-17(12-19(22)23)21(25)26-15(2)20(24)16-6-4-3-5-7-16/h3-11,15,17H,12-13H2,1-2H3/t15-,17+/m1/s1. The molecule has 0 bridgehead atoms. The molecule has 5 heteroatoms. The van der Waals surface area contributed by atoms with Gasteiger partial charge in [0.1, 0.15) is 0 Å². The Morgan fingerprint density at radius 3 is 2.38 bits per heavy atom. The van der Waals surface area contributed by atoms with E-state index >= 15 is 0 Å². The van der Waals surface area contributed by atoms with Crippen LogP contribution in [-0.4, -0.2) is 30.3 Å². The molecule has 1 aliphatic heterocycles. The van der Waals surface area contributed by atoms with E-state index in [1.54, 1.807) is 36.1 Å². The SMILES string of the molecule is Cc1ccc(N2C[C@@H](C(=O)O[C@H](C)C(=O)c3ccccc3)CC2=O)cc1. The van der Waals surface area contributed by atoms with Crippen LogP contribution < -0.4 is 4.90 Å². The number of nitrogens with zero attached hydrogens (tertiary/aromatic N) is 1. The fourth-order valence-electron chi connectivity index (χ4n) is 3.00. The van der Waals surface area contributed by atoms with Crippen molar-refractivity contribution in [3.63, 3.8) is 0 Å². The van der Waals surface area contributed by atoms with Gasteiger partial charge in [-0.05, 0) is 26.0 Å². The first-order valence-electron chi connectivity index (χ1n) is 8.62. The van der Waals surface area contributed by atoms with Crippen LogP contribution in [0.3, 0.4) is 0 Å². The van der Waals surface area contributed by atoms with Gasteiger partial charge in [0.2, 0.25) is 11.7 Å². The summed E-state index contributed by atoms with van der Waals surface area (Å²) in [4.78, 5) is 38.6. The first kappa shape index (κ1) is 17.9. The van der Waals surface area contributed by atoms with Gasteiger partial charge in [0.05, 0.1) is 5.92 Å². The quantitative estimate of drug-likeness (QED) is 0.613. The second kappa shape index (κ2) is 7.52. The maximum absolute atomic E-state index is 12.4. The molecule has 0 unspecified atom stereocenters. The largest absolute Gasteiger partial charge is 0.454 e. The molecule has 26 heavy (non-hydrogen) atoms. The third-order valence-corrected chi connectivity index (χ3v) is 4.52. The second-order valence-electron chi connectivity index (χ2n) is 6.55. The van der Waals surface area contributed by atoms with Gasteiger partial charge in [0, 0.05) is 24.2 Å². The highest BCUT2D eigenvalue weighted by Gasteiger charge is 2.37. The third kappa shape index (κ3) is 3.82. The van der Waals surface area contributed by atoms with Gasteiger partial charge in [-0.2, -0.15) is 0 Å². The molecule has 1 fully saturated rings. The third-order valence-electron chi connectivity index (χ3n) is 4.52. The summed E-state index contributed by atoms with van der Waals surface area (Å²) in [6, 6.07) is 16.3. The average Bonchev–Trinajstić information content (AvgIpc) is 3.04. The number of aryl methyl sites for hydroxylation is 1. The normalized spacial score (nSPS) is 17.8. The molecular weight excluding hydrogens is 330 g/mol. The lowest BCUT2D eigenvalue weighted by Crippen LogP contribution is -2.30. The topological polar surface area (TPSA) is 63.7 Å². The van der Waals surface area contributed by atoms with Crippen molar-refractivity contribution >= 4 is 23.3 Å². The van der Waals surface area contributed by atoms with Gasteiger partial charge in [-0.1, -0.05) is 48.0 Å². The Labute approximate surface area is 152 Å². The van der Waals surface area contributed by atoms with Crippen LogP contribution in [-0.2, 0) is 14.3 Å². The summed E-state index contributed by atoms with van der Waals surface area (Å²) in [5.74, 6) is -1.43. The Balaban J connectivity index is 1.63. The van der Waals surface area contributed by atoms with Crippen molar-refractivity contribution in [2.75, 3.05) is 11.4 Å². The van der Waals surface area contributed by atoms with Crippen molar-refractivity contribution < 1.29 is 19.1 Å². The maximum Gasteiger partial charge on any atom is 0.312 e. The summed E-state index contributed by atoms with van der Waals surface area (Å²) in [7, 11) is 0. The molecular formula is C21H21NO4. The van der Waals surface area contributed by atoms with E-state index in [-0.39, 0.29) is 24.7 Å². The number of rotatable bonds is 5. The molecule has 1 amide bonds. The first-order valence-corrected chi connectivity index (χ1v) is 8.62. The zero-order valence-electron chi connectivity index (χ0n) is 14.8. The molecule has 0 saturated carbocycles. The van der Waals surface area contributed by atoms with E-state index in [0.717, 1.165) is 11.3 Å². The smallest absolute Gasteiger partial charge is 0.312 e. The number of carbonyl (C=O) groups is 3. The molecule has 0 radical (unpaired) electrons. The minimum absolute atomic E-state index is 0.0962. The number of amides is 1. The minimum atomic E-state index is -0.881. The molecule has 0 aromatic heterocycles. The van der Waals surface area contributed by atoms with Crippen molar-refractivity contribution in [2.45, 2.75) is 26.4 Å². The number of carbonyl (C=O) groups excluding carboxylic acids is 3. The van der Waals surface area contributed by atoms with Gasteiger partial charge in [0.25, 0.3) is 0 Å². The predicted octanol–water partition coefficient (Wildman–Crippen LogP) is 3.16. The highest BCUT2D eigenvalue weighted by atomic mass is 16.5. The van der Waals surface area contributed by atoms with Crippen LogP contribution in [0.1, 0.15) is 29.3 Å². The van der Waals surface area contributed by atoms with Crippen LogP contribution in [0.15, 0.2) is 54.6 Å². The number of hydrogen-bond donors (Lipinski definition) is 0. The molecule has 3 rings (SSSR count). The van der Waals surface area contributed by atoms with Crippen LogP contribution >= 0.6 is 0 Å². The van der Waals surface area contributed by atoms with Gasteiger partial charge >= 0.3 is 5.97 Å². The number of ether oxygens (including phenoxy) is 1. The summed E-state index contributed by atoms with van der Waals surface area (Å²) in [5.41, 5.74) is 2.37. The van der Waals surface area contributed by atoms with E-state index in [0.29, 0.717) is 5.56 Å². The highest BCUT2D eigenvalue weighted by Crippen LogP contribution is 2.26. The molecule has 2 aromatic carbocycles. The number of ketones is 1. The molecule has 1 heterocycles. The fourth-order valence-corrected chi connectivity index (χ4v) is 3.00.